The summed E-state index contributed by atoms with van der Waals surface area (Å²) in [5, 5.41) is 3.96. The number of nitrogens with zero attached hydrogens (tertiary/aromatic N) is 3. The first kappa shape index (κ1) is 18.8. The fraction of sp³-hybridized carbons (Fsp3) is 0.333. The first-order valence-electron chi connectivity index (χ1n) is 7.94. The van der Waals surface area contributed by atoms with Crippen molar-refractivity contribution in [2.24, 2.45) is 0 Å². The van der Waals surface area contributed by atoms with Crippen molar-refractivity contribution < 1.29 is 16.8 Å². The van der Waals surface area contributed by atoms with E-state index in [1.165, 1.54) is 17.1 Å². The van der Waals surface area contributed by atoms with Gasteiger partial charge in [0.1, 0.15) is 4.90 Å². The molecule has 1 N–H and O–H groups in total. The van der Waals surface area contributed by atoms with Crippen molar-refractivity contribution >= 4 is 47.1 Å². The molecule has 0 amide bonds. The first-order chi connectivity index (χ1) is 12.2. The standard InChI is InChI=1S/C15H18N4O4S3/c1-3-7-25(20,21)15-17-13-6-5-11(8-14(13)24-15)18-26(22,23)12-9-16-19(4-2)10-12/h5-6,8-10,18H,3-4,7H2,1-2H3. The topological polar surface area (TPSA) is 111 Å². The molecule has 3 aromatic rings. The van der Waals surface area contributed by atoms with Gasteiger partial charge in [-0.15, -0.1) is 11.3 Å². The first-order valence-corrected chi connectivity index (χ1v) is 11.9. The van der Waals surface area contributed by atoms with Crippen LogP contribution >= 0.6 is 11.3 Å². The van der Waals surface area contributed by atoms with Crippen LogP contribution in [0.15, 0.2) is 39.8 Å². The number of hydrogen-bond donors (Lipinski definition) is 1. The number of thiazole rings is 1. The fourth-order valence-electron chi connectivity index (χ4n) is 2.33. The molecule has 0 radical (unpaired) electrons. The van der Waals surface area contributed by atoms with Crippen molar-refractivity contribution in [2.75, 3.05) is 10.5 Å². The van der Waals surface area contributed by atoms with Crippen LogP contribution in [0.5, 0.6) is 0 Å². The Bertz CT molecular complexity index is 1150. The summed E-state index contributed by atoms with van der Waals surface area (Å²) in [6.45, 7) is 4.22. The Hall–Kier alpha value is -1.98. The zero-order valence-electron chi connectivity index (χ0n) is 14.2. The van der Waals surface area contributed by atoms with Gasteiger partial charge < -0.3 is 0 Å². The molecule has 0 aliphatic heterocycles. The Kier molecular flexibility index (Phi) is 5.04. The predicted octanol–water partition coefficient (Wildman–Crippen LogP) is 2.50. The lowest BCUT2D eigenvalue weighted by atomic mass is 10.3. The number of hydrogen-bond acceptors (Lipinski definition) is 7. The molecule has 0 bridgehead atoms. The molecule has 0 atom stereocenters. The highest BCUT2D eigenvalue weighted by atomic mass is 32.2. The summed E-state index contributed by atoms with van der Waals surface area (Å²) in [7, 11) is -7.17. The van der Waals surface area contributed by atoms with Crippen LogP contribution in [0, 0.1) is 0 Å². The van der Waals surface area contributed by atoms with E-state index in [1.54, 1.807) is 25.1 Å². The predicted molar refractivity (Wildman–Crippen MR) is 101 cm³/mol. The van der Waals surface area contributed by atoms with Gasteiger partial charge in [-0.05, 0) is 31.5 Å². The molecule has 140 valence electrons. The Morgan fingerprint density at radius 3 is 2.62 bits per heavy atom. The van der Waals surface area contributed by atoms with Crippen molar-refractivity contribution in [2.45, 2.75) is 36.0 Å². The van der Waals surface area contributed by atoms with Crippen molar-refractivity contribution in [3.8, 4) is 0 Å². The number of benzene rings is 1. The molecule has 0 aliphatic rings. The summed E-state index contributed by atoms with van der Waals surface area (Å²) >= 11 is 1.04. The summed E-state index contributed by atoms with van der Waals surface area (Å²) < 4.78 is 53.9. The van der Waals surface area contributed by atoms with Crippen molar-refractivity contribution in [1.29, 1.82) is 0 Å². The minimum Gasteiger partial charge on any atom is -0.279 e. The average molecular weight is 415 g/mol. The molecule has 11 heteroatoms. The molecule has 26 heavy (non-hydrogen) atoms. The van der Waals surface area contributed by atoms with Crippen LogP contribution in [-0.2, 0) is 26.4 Å². The quantitative estimate of drug-likeness (QED) is 0.636. The third-order valence-corrected chi connectivity index (χ3v) is 8.33. The largest absolute Gasteiger partial charge is 0.279 e. The highest BCUT2D eigenvalue weighted by Gasteiger charge is 2.20. The maximum Gasteiger partial charge on any atom is 0.265 e. The lowest BCUT2D eigenvalue weighted by molar-refractivity contribution is 0.594. The SMILES string of the molecule is CCCS(=O)(=O)c1nc2ccc(NS(=O)(=O)c3cnn(CC)c3)cc2s1. The Morgan fingerprint density at radius 2 is 1.96 bits per heavy atom. The second-order valence-corrected chi connectivity index (χ2v) is 10.6. The Morgan fingerprint density at radius 1 is 1.19 bits per heavy atom. The van der Waals surface area contributed by atoms with Crippen LogP contribution in [0.2, 0.25) is 0 Å². The van der Waals surface area contributed by atoms with Gasteiger partial charge in [-0.2, -0.15) is 5.10 Å². The number of nitrogens with one attached hydrogen (secondary N) is 1. The van der Waals surface area contributed by atoms with E-state index in [0.29, 0.717) is 28.9 Å². The maximum absolute atomic E-state index is 12.4. The van der Waals surface area contributed by atoms with Crippen molar-refractivity contribution in [3.05, 3.63) is 30.6 Å². The Labute approximate surface area is 155 Å². The summed E-state index contributed by atoms with van der Waals surface area (Å²) in [6, 6.07) is 4.74. The molecule has 0 saturated carbocycles. The van der Waals surface area contributed by atoms with Gasteiger partial charge >= 0.3 is 0 Å². The number of aromatic nitrogens is 3. The van der Waals surface area contributed by atoms with Gasteiger partial charge in [-0.3, -0.25) is 9.40 Å². The lowest BCUT2D eigenvalue weighted by Crippen LogP contribution is -2.12. The number of aryl methyl sites for hydroxylation is 1. The van der Waals surface area contributed by atoms with Gasteiger partial charge in [0.15, 0.2) is 0 Å². The summed E-state index contributed by atoms with van der Waals surface area (Å²) in [5.41, 5.74) is 0.858. The molecule has 0 unspecified atom stereocenters. The fourth-order valence-corrected chi connectivity index (χ4v) is 6.04. The molecule has 2 aromatic heterocycles. The van der Waals surface area contributed by atoms with Crippen LogP contribution in [-0.4, -0.2) is 37.4 Å². The summed E-state index contributed by atoms with van der Waals surface area (Å²) in [4.78, 5) is 4.22. The Balaban J connectivity index is 1.92. The van der Waals surface area contributed by atoms with Gasteiger partial charge in [0, 0.05) is 12.7 Å². The highest BCUT2D eigenvalue weighted by molar-refractivity contribution is 7.93. The molecule has 8 nitrogen and oxygen atoms in total. The van der Waals surface area contributed by atoms with Crippen LogP contribution in [0.25, 0.3) is 10.2 Å². The number of rotatable bonds is 7. The number of anilines is 1. The molecule has 0 saturated heterocycles. The number of fused-ring (bicyclic) bond motifs is 1. The van der Waals surface area contributed by atoms with Gasteiger partial charge in [-0.25, -0.2) is 21.8 Å². The van der Waals surface area contributed by atoms with E-state index in [2.05, 4.69) is 14.8 Å². The zero-order chi connectivity index (χ0) is 18.9. The van der Waals surface area contributed by atoms with E-state index < -0.39 is 19.9 Å². The van der Waals surface area contributed by atoms with Crippen molar-refractivity contribution in [1.82, 2.24) is 14.8 Å². The second-order valence-electron chi connectivity index (χ2n) is 5.62. The normalized spacial score (nSPS) is 12.5. The molecular weight excluding hydrogens is 396 g/mol. The minimum atomic E-state index is -3.77. The molecule has 3 rings (SSSR count). The number of sulfone groups is 1. The van der Waals surface area contributed by atoms with Crippen molar-refractivity contribution in [3.63, 3.8) is 0 Å². The van der Waals surface area contributed by atoms with Crippen LogP contribution < -0.4 is 4.72 Å². The van der Waals surface area contributed by atoms with Crippen LogP contribution in [0.1, 0.15) is 20.3 Å². The summed E-state index contributed by atoms with van der Waals surface area (Å²) in [5.74, 6) is 0.0354. The maximum atomic E-state index is 12.4. The molecule has 0 fully saturated rings. The second kappa shape index (κ2) is 6.97. The molecule has 1 aromatic carbocycles. The van der Waals surface area contributed by atoms with Gasteiger partial charge in [0.25, 0.3) is 10.0 Å². The van der Waals surface area contributed by atoms with E-state index in [9.17, 15) is 16.8 Å². The highest BCUT2D eigenvalue weighted by Crippen LogP contribution is 2.29. The third-order valence-electron chi connectivity index (χ3n) is 3.60. The molecule has 0 spiro atoms. The monoisotopic (exact) mass is 414 g/mol. The smallest absolute Gasteiger partial charge is 0.265 e. The molecule has 0 aliphatic carbocycles. The van der Waals surface area contributed by atoms with E-state index in [0.717, 1.165) is 11.3 Å². The van der Waals surface area contributed by atoms with Crippen LogP contribution in [0.4, 0.5) is 5.69 Å². The average Bonchev–Trinajstić information content (AvgIpc) is 3.21. The van der Waals surface area contributed by atoms with Crippen LogP contribution in [0.3, 0.4) is 0 Å². The number of sulfonamides is 1. The zero-order valence-corrected chi connectivity index (χ0v) is 16.7. The lowest BCUT2D eigenvalue weighted by Gasteiger charge is -2.05. The van der Waals surface area contributed by atoms with Gasteiger partial charge in [0.2, 0.25) is 14.2 Å². The minimum absolute atomic E-state index is 0.0354. The van der Waals surface area contributed by atoms with E-state index >= 15 is 0 Å². The third kappa shape index (κ3) is 3.74. The molecular formula is C15H18N4O4S3. The summed E-state index contributed by atoms with van der Waals surface area (Å²) in [6.07, 6.45) is 3.24. The van der Waals surface area contributed by atoms with Gasteiger partial charge in [0.05, 0.1) is 27.9 Å². The van der Waals surface area contributed by atoms with Gasteiger partial charge in [-0.1, -0.05) is 6.92 Å². The van der Waals surface area contributed by atoms with E-state index in [1.807, 2.05) is 6.92 Å². The molecule has 2 heterocycles. The van der Waals surface area contributed by atoms with E-state index in [-0.39, 0.29) is 15.0 Å². The van der Waals surface area contributed by atoms with E-state index in [4.69, 9.17) is 0 Å².